The summed E-state index contributed by atoms with van der Waals surface area (Å²) >= 11 is 8.95. The number of hydrogen-bond donors (Lipinski definition) is 0. The van der Waals surface area contributed by atoms with Crippen LogP contribution in [0.1, 0.15) is 11.5 Å². The van der Waals surface area contributed by atoms with Crippen LogP contribution in [0, 0.1) is 6.92 Å². The molecule has 5 nitrogen and oxygen atoms in total. The van der Waals surface area contributed by atoms with E-state index in [0.717, 1.165) is 5.69 Å². The Labute approximate surface area is 111 Å². The summed E-state index contributed by atoms with van der Waals surface area (Å²) in [6, 6.07) is 1.66. The molecule has 0 bridgehead atoms. The van der Waals surface area contributed by atoms with E-state index in [1.807, 2.05) is 6.92 Å². The van der Waals surface area contributed by atoms with Crippen LogP contribution in [0.3, 0.4) is 0 Å². The van der Waals surface area contributed by atoms with Crippen molar-refractivity contribution in [2.24, 2.45) is 0 Å². The lowest BCUT2D eigenvalue weighted by Gasteiger charge is -2.05. The summed E-state index contributed by atoms with van der Waals surface area (Å²) in [5.74, 6) is 0.483. The highest BCUT2D eigenvalue weighted by molar-refractivity contribution is 9.10. The summed E-state index contributed by atoms with van der Waals surface area (Å²) in [6.07, 6.45) is 2.88. The highest BCUT2D eigenvalue weighted by Gasteiger charge is 2.05. The fourth-order valence-corrected chi connectivity index (χ4v) is 1.95. The summed E-state index contributed by atoms with van der Waals surface area (Å²) in [6.45, 7) is 2.06. The smallest absolute Gasteiger partial charge is 0.268 e. The van der Waals surface area contributed by atoms with Gasteiger partial charge in [0, 0.05) is 11.9 Å². The molecule has 2 rings (SSSR count). The Kier molecular flexibility index (Phi) is 3.54. The molecule has 0 atom stereocenters. The van der Waals surface area contributed by atoms with Gasteiger partial charge in [-0.25, -0.2) is 15.0 Å². The van der Waals surface area contributed by atoms with Crippen LogP contribution in [0.2, 0.25) is 5.15 Å². The Bertz CT molecular complexity index is 593. The van der Waals surface area contributed by atoms with E-state index in [4.69, 9.17) is 11.6 Å². The molecular formula is C10H8BrClN4O. The van der Waals surface area contributed by atoms with E-state index in [1.54, 1.807) is 6.07 Å². The number of hydrogen-bond acceptors (Lipinski definition) is 4. The molecule has 0 aliphatic rings. The zero-order chi connectivity index (χ0) is 12.4. The zero-order valence-corrected chi connectivity index (χ0v) is 11.2. The maximum absolute atomic E-state index is 11.7. The van der Waals surface area contributed by atoms with Crippen molar-refractivity contribution < 1.29 is 0 Å². The van der Waals surface area contributed by atoms with Crippen molar-refractivity contribution >= 4 is 27.5 Å². The van der Waals surface area contributed by atoms with Crippen LogP contribution in [0.5, 0.6) is 0 Å². The van der Waals surface area contributed by atoms with E-state index in [9.17, 15) is 4.79 Å². The third-order valence-electron chi connectivity index (χ3n) is 2.04. The Balaban J connectivity index is 2.38. The average Bonchev–Trinajstić information content (AvgIpc) is 2.23. The molecule has 0 fully saturated rings. The number of nitrogens with zero attached hydrogens (tertiary/aromatic N) is 4. The molecule has 0 aliphatic carbocycles. The van der Waals surface area contributed by atoms with Crippen molar-refractivity contribution in [1.29, 1.82) is 0 Å². The molecule has 2 aromatic heterocycles. The molecule has 2 aromatic rings. The Morgan fingerprint density at radius 1 is 1.47 bits per heavy atom. The molecule has 0 radical (unpaired) electrons. The van der Waals surface area contributed by atoms with Gasteiger partial charge in [-0.1, -0.05) is 11.6 Å². The van der Waals surface area contributed by atoms with Crippen LogP contribution in [-0.4, -0.2) is 19.5 Å². The summed E-state index contributed by atoms with van der Waals surface area (Å²) in [5, 5.41) is 0.364. The van der Waals surface area contributed by atoms with Gasteiger partial charge in [-0.05, 0) is 28.9 Å². The van der Waals surface area contributed by atoms with E-state index < -0.39 is 0 Å². The van der Waals surface area contributed by atoms with Gasteiger partial charge >= 0.3 is 0 Å². The average molecular weight is 316 g/mol. The van der Waals surface area contributed by atoms with E-state index in [-0.39, 0.29) is 12.1 Å². The first-order valence-electron chi connectivity index (χ1n) is 4.76. The molecule has 0 N–H and O–H groups in total. The highest BCUT2D eigenvalue weighted by Crippen LogP contribution is 2.07. The van der Waals surface area contributed by atoms with Gasteiger partial charge in [0.15, 0.2) is 0 Å². The second-order valence-corrected chi connectivity index (χ2v) is 4.66. The van der Waals surface area contributed by atoms with Crippen molar-refractivity contribution in [2.75, 3.05) is 0 Å². The largest absolute Gasteiger partial charge is 0.291 e. The van der Waals surface area contributed by atoms with Gasteiger partial charge in [-0.2, -0.15) is 0 Å². The van der Waals surface area contributed by atoms with Crippen LogP contribution in [0.15, 0.2) is 27.9 Å². The summed E-state index contributed by atoms with van der Waals surface area (Å²) in [7, 11) is 0. The van der Waals surface area contributed by atoms with Gasteiger partial charge in [0.05, 0.1) is 12.9 Å². The quantitative estimate of drug-likeness (QED) is 0.793. The number of aromatic nitrogens is 4. The predicted octanol–water partition coefficient (Wildman–Crippen LogP) is 1.81. The molecule has 0 aromatic carbocycles. The number of aryl methyl sites for hydroxylation is 1. The first-order chi connectivity index (χ1) is 8.06. The molecule has 0 amide bonds. The third-order valence-corrected chi connectivity index (χ3v) is 2.78. The minimum absolute atomic E-state index is 0.179. The molecule has 17 heavy (non-hydrogen) atoms. The number of rotatable bonds is 2. The normalized spacial score (nSPS) is 10.5. The van der Waals surface area contributed by atoms with Crippen molar-refractivity contribution in [3.05, 3.63) is 50.1 Å². The molecule has 0 aliphatic heterocycles. The highest BCUT2D eigenvalue weighted by atomic mass is 79.9. The lowest BCUT2D eigenvalue weighted by atomic mass is 10.4. The van der Waals surface area contributed by atoms with Crippen LogP contribution >= 0.6 is 27.5 Å². The second kappa shape index (κ2) is 4.93. The van der Waals surface area contributed by atoms with Crippen LogP contribution in [0.25, 0.3) is 0 Å². The van der Waals surface area contributed by atoms with Crippen molar-refractivity contribution in [1.82, 2.24) is 19.5 Å². The Morgan fingerprint density at radius 3 is 2.94 bits per heavy atom. The second-order valence-electron chi connectivity index (χ2n) is 3.42. The van der Waals surface area contributed by atoms with Gasteiger partial charge in [0.2, 0.25) is 0 Å². The first kappa shape index (κ1) is 12.2. The van der Waals surface area contributed by atoms with E-state index in [0.29, 0.717) is 15.5 Å². The molecule has 88 valence electrons. The fourth-order valence-electron chi connectivity index (χ4n) is 1.35. The summed E-state index contributed by atoms with van der Waals surface area (Å²) in [5.41, 5.74) is 0.581. The minimum atomic E-state index is -0.179. The predicted molar refractivity (Wildman–Crippen MR) is 67.1 cm³/mol. The van der Waals surface area contributed by atoms with Gasteiger partial charge in [0.25, 0.3) is 5.56 Å². The van der Waals surface area contributed by atoms with E-state index >= 15 is 0 Å². The third kappa shape index (κ3) is 2.89. The molecule has 0 unspecified atom stereocenters. The lowest BCUT2D eigenvalue weighted by molar-refractivity contribution is 0.690. The van der Waals surface area contributed by atoms with Gasteiger partial charge in [-0.15, -0.1) is 0 Å². The molecule has 0 saturated carbocycles. The molecule has 0 spiro atoms. The van der Waals surface area contributed by atoms with Crippen molar-refractivity contribution in [3.63, 3.8) is 0 Å². The standard InChI is InChI=1S/C10H8BrClN4O/c1-6-2-8(12)15-9(14-6)4-16-5-13-3-7(11)10(16)17/h2-3,5H,4H2,1H3. The summed E-state index contributed by atoms with van der Waals surface area (Å²) < 4.78 is 1.81. The van der Waals surface area contributed by atoms with Crippen LogP contribution in [-0.2, 0) is 6.54 Å². The molecular weight excluding hydrogens is 307 g/mol. The SMILES string of the molecule is Cc1cc(Cl)nc(Cn2cncc(Br)c2=O)n1. The topological polar surface area (TPSA) is 60.7 Å². The van der Waals surface area contributed by atoms with E-state index in [1.165, 1.54) is 17.1 Å². The zero-order valence-electron chi connectivity index (χ0n) is 8.89. The molecule has 2 heterocycles. The van der Waals surface area contributed by atoms with Crippen molar-refractivity contribution in [2.45, 2.75) is 13.5 Å². The van der Waals surface area contributed by atoms with Crippen LogP contribution in [0.4, 0.5) is 0 Å². The summed E-state index contributed by atoms with van der Waals surface area (Å²) in [4.78, 5) is 23.9. The first-order valence-corrected chi connectivity index (χ1v) is 5.93. The lowest BCUT2D eigenvalue weighted by Crippen LogP contribution is -2.22. The van der Waals surface area contributed by atoms with Crippen LogP contribution < -0.4 is 5.56 Å². The van der Waals surface area contributed by atoms with Gasteiger partial charge < -0.3 is 0 Å². The molecule has 7 heteroatoms. The number of halogens is 2. The monoisotopic (exact) mass is 314 g/mol. The Morgan fingerprint density at radius 2 is 2.24 bits per heavy atom. The van der Waals surface area contributed by atoms with Crippen molar-refractivity contribution in [3.8, 4) is 0 Å². The molecule has 0 saturated heterocycles. The van der Waals surface area contributed by atoms with E-state index in [2.05, 4.69) is 30.9 Å². The Hall–Kier alpha value is -1.27. The minimum Gasteiger partial charge on any atom is -0.291 e. The fraction of sp³-hybridized carbons (Fsp3) is 0.200. The van der Waals surface area contributed by atoms with Gasteiger partial charge in [0.1, 0.15) is 15.5 Å². The van der Waals surface area contributed by atoms with Gasteiger partial charge in [-0.3, -0.25) is 9.36 Å². The maximum atomic E-state index is 11.7. The maximum Gasteiger partial charge on any atom is 0.268 e.